The molecule has 2 heterocycles. The molecule has 162 valence electrons. The van der Waals surface area contributed by atoms with Crippen LogP contribution in [0, 0.1) is 18.3 Å². The van der Waals surface area contributed by atoms with E-state index >= 15 is 0 Å². The fourth-order valence-electron chi connectivity index (χ4n) is 4.40. The molecule has 2 aromatic heterocycles. The first-order chi connectivity index (χ1) is 16.0. The van der Waals surface area contributed by atoms with Gasteiger partial charge in [-0.05, 0) is 48.2 Å². The lowest BCUT2D eigenvalue weighted by atomic mass is 9.91. The molecule has 0 aliphatic rings. The standard InChI is InChI=1S/C26H19IN4OS/c1-3-17-11-15(2)24-23(19(14-31(24)33-27)18-7-5-4-6-8-18)22(17)25(32)26-29-20-10-9-16(13-28)12-21(20)30-26/h4-12,14H,3H2,1-2H3,(H,29,30). The quantitative estimate of drug-likeness (QED) is 0.185. The molecule has 0 saturated heterocycles. The SMILES string of the molecule is CCc1cc(C)c2c(c(-c3ccccc3)cn2SI)c1C(=O)c1nc2cc(C#N)ccc2[nH]1. The van der Waals surface area contributed by atoms with Crippen LogP contribution in [0.15, 0.2) is 60.8 Å². The molecular weight excluding hydrogens is 543 g/mol. The number of carbonyl (C=O) groups excluding carboxylic acids is 1. The summed E-state index contributed by atoms with van der Waals surface area (Å²) in [6, 6.07) is 19.6. The molecule has 0 unspecified atom stereocenters. The van der Waals surface area contributed by atoms with Gasteiger partial charge in [0.25, 0.3) is 0 Å². The molecule has 5 aromatic rings. The van der Waals surface area contributed by atoms with Crippen molar-refractivity contribution in [2.75, 3.05) is 0 Å². The maximum Gasteiger partial charge on any atom is 0.229 e. The third-order valence-corrected chi connectivity index (χ3v) is 7.61. The number of aromatic nitrogens is 3. The Bertz CT molecular complexity index is 1580. The van der Waals surface area contributed by atoms with Crippen LogP contribution in [-0.2, 0) is 6.42 Å². The zero-order chi connectivity index (χ0) is 23.1. The Morgan fingerprint density at radius 2 is 2.00 bits per heavy atom. The minimum atomic E-state index is -0.139. The average molecular weight is 562 g/mol. The molecule has 1 N–H and O–H groups in total. The van der Waals surface area contributed by atoms with Crippen molar-refractivity contribution in [2.24, 2.45) is 0 Å². The van der Waals surface area contributed by atoms with Crippen LogP contribution < -0.4 is 0 Å². The van der Waals surface area contributed by atoms with Crippen LogP contribution in [0.25, 0.3) is 33.1 Å². The van der Waals surface area contributed by atoms with Crippen LogP contribution in [0.2, 0.25) is 0 Å². The summed E-state index contributed by atoms with van der Waals surface area (Å²) < 4.78 is 2.13. The highest BCUT2D eigenvalue weighted by Gasteiger charge is 2.25. The van der Waals surface area contributed by atoms with E-state index in [0.29, 0.717) is 16.6 Å². The molecule has 0 fully saturated rings. The summed E-state index contributed by atoms with van der Waals surface area (Å²) in [6.07, 6.45) is 2.84. The molecule has 7 heteroatoms. The monoisotopic (exact) mass is 562 g/mol. The lowest BCUT2D eigenvalue weighted by molar-refractivity contribution is 0.103. The maximum atomic E-state index is 14.0. The smallest absolute Gasteiger partial charge is 0.229 e. The molecule has 0 aliphatic heterocycles. The molecular formula is C26H19IN4OS. The van der Waals surface area contributed by atoms with E-state index in [1.165, 1.54) is 0 Å². The minimum Gasteiger partial charge on any atom is -0.335 e. The van der Waals surface area contributed by atoms with E-state index in [2.05, 4.69) is 79.5 Å². The maximum absolute atomic E-state index is 14.0. The second-order valence-electron chi connectivity index (χ2n) is 7.87. The molecule has 0 saturated carbocycles. The Morgan fingerprint density at radius 1 is 1.21 bits per heavy atom. The molecule has 0 aliphatic carbocycles. The van der Waals surface area contributed by atoms with Crippen LogP contribution in [0.3, 0.4) is 0 Å². The number of nitrogens with zero attached hydrogens (tertiary/aromatic N) is 3. The Labute approximate surface area is 207 Å². The number of fused-ring (bicyclic) bond motifs is 2. The van der Waals surface area contributed by atoms with Crippen LogP contribution in [0.1, 0.15) is 39.8 Å². The van der Waals surface area contributed by atoms with E-state index in [9.17, 15) is 10.1 Å². The molecule has 5 rings (SSSR count). The van der Waals surface area contributed by atoms with Crippen molar-refractivity contribution in [1.29, 1.82) is 5.26 Å². The Hall–Kier alpha value is -3.09. The zero-order valence-electron chi connectivity index (χ0n) is 18.0. The highest BCUT2D eigenvalue weighted by Crippen LogP contribution is 2.40. The van der Waals surface area contributed by atoms with Crippen molar-refractivity contribution in [1.82, 2.24) is 13.9 Å². The van der Waals surface area contributed by atoms with E-state index in [4.69, 9.17) is 0 Å². The molecule has 0 atom stereocenters. The number of hydrogen-bond donors (Lipinski definition) is 1. The van der Waals surface area contributed by atoms with Crippen LogP contribution >= 0.6 is 30.3 Å². The van der Waals surface area contributed by atoms with Gasteiger partial charge in [0.15, 0.2) is 5.82 Å². The second-order valence-corrected chi connectivity index (χ2v) is 9.58. The van der Waals surface area contributed by atoms with Gasteiger partial charge in [-0.15, -0.1) is 0 Å². The minimum absolute atomic E-state index is 0.139. The summed E-state index contributed by atoms with van der Waals surface area (Å²) in [5.41, 5.74) is 7.81. The molecule has 0 radical (unpaired) electrons. The number of ketones is 1. The number of hydrogen-bond acceptors (Lipinski definition) is 4. The Kier molecular flexibility index (Phi) is 5.72. The van der Waals surface area contributed by atoms with Gasteiger partial charge in [-0.25, -0.2) is 4.98 Å². The first-order valence-corrected chi connectivity index (χ1v) is 13.8. The molecule has 0 bridgehead atoms. The van der Waals surface area contributed by atoms with Gasteiger partial charge in [0, 0.05) is 53.0 Å². The number of aromatic amines is 1. The second kappa shape index (κ2) is 8.69. The van der Waals surface area contributed by atoms with Gasteiger partial charge in [-0.1, -0.05) is 43.3 Å². The van der Waals surface area contributed by atoms with E-state index in [0.717, 1.165) is 45.1 Å². The summed E-state index contributed by atoms with van der Waals surface area (Å²) in [6.45, 7) is 4.17. The zero-order valence-corrected chi connectivity index (χ0v) is 21.0. The third kappa shape index (κ3) is 3.63. The molecule has 0 amide bonds. The number of benzene rings is 3. The topological polar surface area (TPSA) is 74.5 Å². The van der Waals surface area contributed by atoms with E-state index < -0.39 is 0 Å². The number of nitrogens with one attached hydrogen (secondary N) is 1. The van der Waals surface area contributed by atoms with Crippen molar-refractivity contribution in [3.63, 3.8) is 0 Å². The number of imidazole rings is 1. The summed E-state index contributed by atoms with van der Waals surface area (Å²) in [4.78, 5) is 21.7. The first kappa shape index (κ1) is 21.7. The van der Waals surface area contributed by atoms with Crippen molar-refractivity contribution >= 4 is 58.0 Å². The van der Waals surface area contributed by atoms with E-state index in [1.54, 1.807) is 27.3 Å². The molecule has 0 spiro atoms. The van der Waals surface area contributed by atoms with Crippen LogP contribution in [0.4, 0.5) is 0 Å². The molecule has 33 heavy (non-hydrogen) atoms. The fourth-order valence-corrected chi connectivity index (χ4v) is 5.78. The van der Waals surface area contributed by atoms with Crippen molar-refractivity contribution < 1.29 is 4.79 Å². The number of carbonyl (C=O) groups is 1. The van der Waals surface area contributed by atoms with Gasteiger partial charge in [0.05, 0.1) is 28.2 Å². The number of aryl methyl sites for hydroxylation is 2. The Balaban J connectivity index is 1.82. The normalized spacial score (nSPS) is 11.2. The largest absolute Gasteiger partial charge is 0.335 e. The number of nitriles is 1. The van der Waals surface area contributed by atoms with Crippen molar-refractivity contribution in [3.05, 3.63) is 88.9 Å². The van der Waals surface area contributed by atoms with Crippen molar-refractivity contribution in [2.45, 2.75) is 20.3 Å². The first-order valence-electron chi connectivity index (χ1n) is 10.5. The Morgan fingerprint density at radius 3 is 2.70 bits per heavy atom. The molecule has 3 aromatic carbocycles. The predicted molar refractivity (Wildman–Crippen MR) is 143 cm³/mol. The van der Waals surface area contributed by atoms with Crippen LogP contribution in [-0.4, -0.2) is 19.7 Å². The fraction of sp³-hybridized carbons (Fsp3) is 0.115. The number of halogens is 1. The van der Waals surface area contributed by atoms with Gasteiger partial charge in [-0.2, -0.15) is 5.26 Å². The molecule has 5 nitrogen and oxygen atoms in total. The van der Waals surface area contributed by atoms with Gasteiger partial charge in [0.2, 0.25) is 5.78 Å². The number of H-pyrrole nitrogens is 1. The third-order valence-electron chi connectivity index (χ3n) is 5.90. The number of rotatable bonds is 5. The predicted octanol–water partition coefficient (Wildman–Crippen LogP) is 7.00. The summed E-state index contributed by atoms with van der Waals surface area (Å²) in [7, 11) is 1.59. The van der Waals surface area contributed by atoms with Crippen LogP contribution in [0.5, 0.6) is 0 Å². The van der Waals surface area contributed by atoms with E-state index in [-0.39, 0.29) is 11.6 Å². The summed E-state index contributed by atoms with van der Waals surface area (Å²) in [5.74, 6) is 0.147. The summed E-state index contributed by atoms with van der Waals surface area (Å²) >= 11 is 2.28. The van der Waals surface area contributed by atoms with Gasteiger partial charge in [-0.3, -0.25) is 8.77 Å². The van der Waals surface area contributed by atoms with Crippen molar-refractivity contribution in [3.8, 4) is 17.2 Å². The highest BCUT2D eigenvalue weighted by atomic mass is 127. The average Bonchev–Trinajstić information content (AvgIpc) is 3.45. The lowest BCUT2D eigenvalue weighted by Gasteiger charge is -2.13. The van der Waals surface area contributed by atoms with Gasteiger partial charge in [0.1, 0.15) is 0 Å². The highest BCUT2D eigenvalue weighted by molar-refractivity contribution is 14.2. The van der Waals surface area contributed by atoms with E-state index in [1.807, 2.05) is 18.2 Å². The van der Waals surface area contributed by atoms with Gasteiger partial charge < -0.3 is 4.98 Å². The summed E-state index contributed by atoms with van der Waals surface area (Å²) in [5, 5.41) is 10.2. The lowest BCUT2D eigenvalue weighted by Crippen LogP contribution is -2.09. The van der Waals surface area contributed by atoms with Gasteiger partial charge >= 0.3 is 0 Å².